The summed E-state index contributed by atoms with van der Waals surface area (Å²) in [6, 6.07) is 9.55. The first kappa shape index (κ1) is 16.7. The van der Waals surface area contributed by atoms with Gasteiger partial charge in [0.15, 0.2) is 0 Å². The second-order valence-corrected chi connectivity index (χ2v) is 6.72. The maximum Gasteiger partial charge on any atom is 0.253 e. The van der Waals surface area contributed by atoms with Crippen LogP contribution in [0.5, 0.6) is 0 Å². The Morgan fingerprint density at radius 2 is 2.17 bits per heavy atom. The van der Waals surface area contributed by atoms with Crippen molar-refractivity contribution in [1.29, 1.82) is 0 Å². The van der Waals surface area contributed by atoms with Crippen molar-refractivity contribution in [2.75, 3.05) is 13.2 Å². The average molecular weight is 328 g/mol. The molecule has 1 N–H and O–H groups in total. The number of carbonyl (C=O) groups is 1. The molecule has 0 radical (unpaired) electrons. The molecule has 0 spiro atoms. The van der Waals surface area contributed by atoms with E-state index in [1.165, 1.54) is 0 Å². The van der Waals surface area contributed by atoms with Gasteiger partial charge in [-0.3, -0.25) is 9.59 Å². The second-order valence-electron chi connectivity index (χ2n) is 6.72. The lowest BCUT2D eigenvalue weighted by Gasteiger charge is -2.27. The van der Waals surface area contributed by atoms with E-state index in [4.69, 9.17) is 4.74 Å². The Morgan fingerprint density at radius 3 is 2.88 bits per heavy atom. The molecule has 3 rings (SSSR count). The van der Waals surface area contributed by atoms with Crippen LogP contribution < -0.4 is 5.56 Å². The summed E-state index contributed by atoms with van der Waals surface area (Å²) in [5.41, 5.74) is 1.29. The molecular formula is C19H24N2O3. The molecule has 0 bridgehead atoms. The smallest absolute Gasteiger partial charge is 0.253 e. The normalized spacial score (nSPS) is 17.5. The van der Waals surface area contributed by atoms with Crippen LogP contribution in [0.15, 0.2) is 35.1 Å². The molecule has 1 aromatic heterocycles. The lowest BCUT2D eigenvalue weighted by molar-refractivity contribution is -0.136. The summed E-state index contributed by atoms with van der Waals surface area (Å²) in [7, 11) is 0. The van der Waals surface area contributed by atoms with Crippen LogP contribution in [0.25, 0.3) is 10.9 Å². The third-order valence-electron chi connectivity index (χ3n) is 4.45. The highest BCUT2D eigenvalue weighted by Crippen LogP contribution is 2.17. The number of H-pyrrole nitrogens is 1. The van der Waals surface area contributed by atoms with Gasteiger partial charge in [-0.05, 0) is 30.4 Å². The maximum absolute atomic E-state index is 12.6. The van der Waals surface area contributed by atoms with Crippen LogP contribution in [0.2, 0.25) is 0 Å². The zero-order valence-electron chi connectivity index (χ0n) is 14.2. The number of benzene rings is 1. The molecule has 24 heavy (non-hydrogen) atoms. The minimum absolute atomic E-state index is 0.0538. The number of hydrogen-bond acceptors (Lipinski definition) is 3. The average Bonchev–Trinajstić information content (AvgIpc) is 3.07. The van der Waals surface area contributed by atoms with Crippen molar-refractivity contribution in [2.45, 2.75) is 39.3 Å². The predicted molar refractivity (Wildman–Crippen MR) is 93.8 cm³/mol. The summed E-state index contributed by atoms with van der Waals surface area (Å²) in [4.78, 5) is 29.6. The third kappa shape index (κ3) is 3.67. The molecule has 2 heterocycles. The molecule has 0 aliphatic carbocycles. The van der Waals surface area contributed by atoms with Gasteiger partial charge < -0.3 is 14.6 Å². The summed E-state index contributed by atoms with van der Waals surface area (Å²) in [6.45, 7) is 5.39. The summed E-state index contributed by atoms with van der Waals surface area (Å²) in [6.07, 6.45) is 2.08. The number of pyridine rings is 1. The van der Waals surface area contributed by atoms with E-state index in [1.54, 1.807) is 4.90 Å². The highest BCUT2D eigenvalue weighted by molar-refractivity contribution is 5.80. The van der Waals surface area contributed by atoms with Gasteiger partial charge in [-0.2, -0.15) is 0 Å². The number of para-hydroxylation sites is 1. The SMILES string of the molecule is CC(C)C(=O)N(Cc1cc2ccccc2[nH]c1=O)C[C@H]1CCCO1. The number of rotatable bonds is 5. The maximum atomic E-state index is 12.6. The van der Waals surface area contributed by atoms with Gasteiger partial charge in [-0.25, -0.2) is 0 Å². The quantitative estimate of drug-likeness (QED) is 0.918. The number of hydrogen-bond donors (Lipinski definition) is 1. The van der Waals surface area contributed by atoms with E-state index in [-0.39, 0.29) is 23.5 Å². The van der Waals surface area contributed by atoms with Crippen molar-refractivity contribution in [3.63, 3.8) is 0 Å². The van der Waals surface area contributed by atoms with Gasteiger partial charge in [0.1, 0.15) is 0 Å². The number of aromatic nitrogens is 1. The number of nitrogens with one attached hydrogen (secondary N) is 1. The largest absolute Gasteiger partial charge is 0.376 e. The van der Waals surface area contributed by atoms with E-state index in [0.29, 0.717) is 18.7 Å². The van der Waals surface area contributed by atoms with Gasteiger partial charge >= 0.3 is 0 Å². The first-order chi connectivity index (χ1) is 11.5. The first-order valence-corrected chi connectivity index (χ1v) is 8.56. The molecule has 0 saturated carbocycles. The van der Waals surface area contributed by atoms with Crippen LogP contribution in [-0.2, 0) is 16.1 Å². The Morgan fingerprint density at radius 1 is 1.38 bits per heavy atom. The fourth-order valence-electron chi connectivity index (χ4n) is 3.15. The molecule has 5 nitrogen and oxygen atoms in total. The van der Waals surface area contributed by atoms with Crippen molar-refractivity contribution < 1.29 is 9.53 Å². The summed E-state index contributed by atoms with van der Waals surface area (Å²) >= 11 is 0. The number of amides is 1. The molecule has 1 aliphatic rings. The molecule has 128 valence electrons. The number of fused-ring (bicyclic) bond motifs is 1. The van der Waals surface area contributed by atoms with Gasteiger partial charge in [0.25, 0.3) is 5.56 Å². The van der Waals surface area contributed by atoms with Crippen LogP contribution in [0.4, 0.5) is 0 Å². The molecule has 1 aromatic carbocycles. The first-order valence-electron chi connectivity index (χ1n) is 8.56. The van der Waals surface area contributed by atoms with Crippen LogP contribution in [0, 0.1) is 5.92 Å². The van der Waals surface area contributed by atoms with Gasteiger partial charge in [-0.15, -0.1) is 0 Å². The number of nitrogens with zero attached hydrogens (tertiary/aromatic N) is 1. The Balaban J connectivity index is 1.87. The van der Waals surface area contributed by atoms with Crippen molar-refractivity contribution in [3.8, 4) is 0 Å². The summed E-state index contributed by atoms with van der Waals surface area (Å²) < 4.78 is 5.67. The summed E-state index contributed by atoms with van der Waals surface area (Å²) in [5, 5.41) is 0.973. The molecule has 1 saturated heterocycles. The van der Waals surface area contributed by atoms with E-state index < -0.39 is 0 Å². The van der Waals surface area contributed by atoms with Crippen molar-refractivity contribution >= 4 is 16.8 Å². The Bertz CT molecular complexity index is 776. The zero-order chi connectivity index (χ0) is 17.1. The minimum atomic E-state index is -0.136. The molecule has 1 amide bonds. The van der Waals surface area contributed by atoms with Crippen LogP contribution in [-0.4, -0.2) is 35.0 Å². The van der Waals surface area contributed by atoms with E-state index in [0.717, 1.165) is 30.4 Å². The van der Waals surface area contributed by atoms with Gasteiger partial charge in [0.05, 0.1) is 12.6 Å². The van der Waals surface area contributed by atoms with Gasteiger partial charge in [0.2, 0.25) is 5.91 Å². The molecule has 5 heteroatoms. The van der Waals surface area contributed by atoms with Gasteiger partial charge in [-0.1, -0.05) is 32.0 Å². The fraction of sp³-hybridized carbons (Fsp3) is 0.474. The highest BCUT2D eigenvalue weighted by Gasteiger charge is 2.25. The van der Waals surface area contributed by atoms with Crippen molar-refractivity contribution in [2.24, 2.45) is 5.92 Å². The fourth-order valence-corrected chi connectivity index (χ4v) is 3.15. The van der Waals surface area contributed by atoms with Crippen molar-refractivity contribution in [1.82, 2.24) is 9.88 Å². The number of aromatic amines is 1. The molecule has 1 aliphatic heterocycles. The monoisotopic (exact) mass is 328 g/mol. The lowest BCUT2D eigenvalue weighted by Crippen LogP contribution is -2.40. The van der Waals surface area contributed by atoms with Crippen LogP contribution >= 0.6 is 0 Å². The van der Waals surface area contributed by atoms with Gasteiger partial charge in [0, 0.05) is 30.1 Å². The molecule has 1 fully saturated rings. The zero-order valence-corrected chi connectivity index (χ0v) is 14.2. The molecule has 1 atom stereocenters. The third-order valence-corrected chi connectivity index (χ3v) is 4.45. The number of ether oxygens (including phenoxy) is 1. The Labute approximate surface area is 141 Å². The Hall–Kier alpha value is -2.14. The highest BCUT2D eigenvalue weighted by atomic mass is 16.5. The van der Waals surface area contributed by atoms with E-state index >= 15 is 0 Å². The predicted octanol–water partition coefficient (Wildman–Crippen LogP) is 2.69. The van der Waals surface area contributed by atoms with Crippen molar-refractivity contribution in [3.05, 3.63) is 46.2 Å². The number of carbonyl (C=O) groups excluding carboxylic acids is 1. The molecular weight excluding hydrogens is 304 g/mol. The van der Waals surface area contributed by atoms with E-state index in [9.17, 15) is 9.59 Å². The second kappa shape index (κ2) is 7.18. The topological polar surface area (TPSA) is 62.4 Å². The lowest BCUT2D eigenvalue weighted by atomic mass is 10.1. The summed E-state index contributed by atoms with van der Waals surface area (Å²) in [5.74, 6) is -0.0519. The molecule has 2 aromatic rings. The standard InChI is InChI=1S/C19H24N2O3/c1-13(2)19(23)21(12-16-7-5-9-24-16)11-15-10-14-6-3-4-8-17(14)20-18(15)22/h3-4,6,8,10,13,16H,5,7,9,11-12H2,1-2H3,(H,20,22)/t16-/m1/s1. The van der Waals surface area contributed by atoms with E-state index in [1.807, 2.05) is 44.2 Å². The molecule has 0 unspecified atom stereocenters. The van der Waals surface area contributed by atoms with Crippen LogP contribution in [0.1, 0.15) is 32.3 Å². The van der Waals surface area contributed by atoms with Crippen LogP contribution in [0.3, 0.4) is 0 Å². The Kier molecular flexibility index (Phi) is 5.00. The van der Waals surface area contributed by atoms with E-state index in [2.05, 4.69) is 4.98 Å². The minimum Gasteiger partial charge on any atom is -0.376 e.